The number of hydrogen-bond acceptors (Lipinski definition) is 6. The van der Waals surface area contributed by atoms with Gasteiger partial charge in [0.25, 0.3) is 0 Å². The van der Waals surface area contributed by atoms with E-state index < -0.39 is 0 Å². The van der Waals surface area contributed by atoms with Crippen LogP contribution in [0.2, 0.25) is 0 Å². The number of rotatable bonds is 6. The van der Waals surface area contributed by atoms with Crippen molar-refractivity contribution < 1.29 is 4.79 Å². The van der Waals surface area contributed by atoms with Gasteiger partial charge in [0.1, 0.15) is 0 Å². The standard InChI is InChI=1S/C18H25N5OS2/c1-10(14-9-12-5-6-13(14)8-12)20-17(24)11(2)26-18-22-21-16(23(18)19)15-4-3-7-25-15/h3-4,7,10-14H,5-6,8-9,19H2,1-2H3,(H,20,24). The van der Waals surface area contributed by atoms with E-state index in [1.165, 1.54) is 42.1 Å². The van der Waals surface area contributed by atoms with Gasteiger partial charge in [-0.1, -0.05) is 24.2 Å². The fourth-order valence-electron chi connectivity index (χ4n) is 4.50. The zero-order valence-corrected chi connectivity index (χ0v) is 16.7. The number of hydrogen-bond donors (Lipinski definition) is 2. The third-order valence-corrected chi connectivity index (χ3v) is 7.79. The van der Waals surface area contributed by atoms with Crippen molar-refractivity contribution in [2.45, 2.75) is 56.0 Å². The summed E-state index contributed by atoms with van der Waals surface area (Å²) >= 11 is 2.92. The first kappa shape index (κ1) is 17.9. The summed E-state index contributed by atoms with van der Waals surface area (Å²) in [5.41, 5.74) is 0. The Morgan fingerprint density at radius 2 is 2.23 bits per heavy atom. The first-order valence-electron chi connectivity index (χ1n) is 9.24. The van der Waals surface area contributed by atoms with Gasteiger partial charge < -0.3 is 11.2 Å². The van der Waals surface area contributed by atoms with Gasteiger partial charge in [-0.15, -0.1) is 21.5 Å². The first-order chi connectivity index (χ1) is 12.5. The molecule has 2 bridgehead atoms. The average Bonchev–Trinajstić information content (AvgIpc) is 3.40. The normalized spacial score (nSPS) is 26.8. The highest BCUT2D eigenvalue weighted by atomic mass is 32.2. The number of nitrogens with two attached hydrogens (primary N) is 1. The molecular formula is C18H25N5OS2. The van der Waals surface area contributed by atoms with Gasteiger partial charge in [0.2, 0.25) is 11.1 Å². The van der Waals surface area contributed by atoms with Crippen molar-refractivity contribution in [2.24, 2.45) is 17.8 Å². The molecule has 2 aromatic heterocycles. The highest BCUT2D eigenvalue weighted by molar-refractivity contribution is 8.00. The van der Waals surface area contributed by atoms with Crippen molar-refractivity contribution in [3.8, 4) is 10.7 Å². The molecule has 26 heavy (non-hydrogen) atoms. The van der Waals surface area contributed by atoms with E-state index in [1.54, 1.807) is 11.3 Å². The van der Waals surface area contributed by atoms with E-state index in [4.69, 9.17) is 5.84 Å². The fraction of sp³-hybridized carbons (Fsp3) is 0.611. The summed E-state index contributed by atoms with van der Waals surface area (Å²) in [6, 6.07) is 4.15. The third kappa shape index (κ3) is 3.36. The molecule has 140 valence electrons. The number of nitrogens with zero attached hydrogens (tertiary/aromatic N) is 3. The summed E-state index contributed by atoms with van der Waals surface area (Å²) in [5.74, 6) is 9.14. The zero-order chi connectivity index (χ0) is 18.3. The third-order valence-electron chi connectivity index (χ3n) is 5.86. The number of fused-ring (bicyclic) bond motifs is 2. The molecule has 4 rings (SSSR count). The molecule has 2 aliphatic rings. The van der Waals surface area contributed by atoms with E-state index >= 15 is 0 Å². The molecule has 5 atom stereocenters. The lowest BCUT2D eigenvalue weighted by Gasteiger charge is -2.29. The molecule has 2 aromatic rings. The average molecular weight is 392 g/mol. The van der Waals surface area contributed by atoms with Crippen LogP contribution >= 0.6 is 23.1 Å². The topological polar surface area (TPSA) is 85.8 Å². The van der Waals surface area contributed by atoms with Gasteiger partial charge in [-0.05, 0) is 62.3 Å². The van der Waals surface area contributed by atoms with Gasteiger partial charge in [-0.3, -0.25) is 4.79 Å². The predicted octanol–water partition coefficient (Wildman–Crippen LogP) is 3.14. The first-order valence-corrected chi connectivity index (χ1v) is 11.0. The second-order valence-electron chi connectivity index (χ2n) is 7.55. The molecule has 0 spiro atoms. The second-order valence-corrected chi connectivity index (χ2v) is 9.81. The molecule has 0 aliphatic heterocycles. The second kappa shape index (κ2) is 7.23. The number of thioether (sulfide) groups is 1. The lowest BCUT2D eigenvalue weighted by Crippen LogP contribution is -2.43. The van der Waals surface area contributed by atoms with Crippen LogP contribution in [0.25, 0.3) is 10.7 Å². The van der Waals surface area contributed by atoms with E-state index in [1.807, 2.05) is 24.4 Å². The van der Waals surface area contributed by atoms with Crippen LogP contribution in [0.4, 0.5) is 0 Å². The van der Waals surface area contributed by atoms with Crippen LogP contribution in [-0.2, 0) is 4.79 Å². The smallest absolute Gasteiger partial charge is 0.233 e. The van der Waals surface area contributed by atoms with Crippen molar-refractivity contribution in [3.63, 3.8) is 0 Å². The molecule has 1 amide bonds. The molecule has 3 N–H and O–H groups in total. The lowest BCUT2D eigenvalue weighted by atomic mass is 9.84. The molecule has 0 aromatic carbocycles. The highest BCUT2D eigenvalue weighted by Gasteiger charge is 2.42. The van der Waals surface area contributed by atoms with E-state index in [2.05, 4.69) is 22.4 Å². The summed E-state index contributed by atoms with van der Waals surface area (Å²) in [7, 11) is 0. The number of nitrogens with one attached hydrogen (secondary N) is 1. The van der Waals surface area contributed by atoms with Gasteiger partial charge in [-0.2, -0.15) is 0 Å². The summed E-state index contributed by atoms with van der Waals surface area (Å²) in [6.45, 7) is 4.05. The van der Waals surface area contributed by atoms with Gasteiger partial charge in [0.15, 0.2) is 5.82 Å². The Bertz CT molecular complexity index is 775. The van der Waals surface area contributed by atoms with Crippen LogP contribution < -0.4 is 11.2 Å². The molecule has 2 aliphatic carbocycles. The molecule has 5 unspecified atom stereocenters. The largest absolute Gasteiger partial charge is 0.352 e. The molecule has 8 heteroatoms. The Kier molecular flexibility index (Phi) is 4.96. The van der Waals surface area contributed by atoms with E-state index in [9.17, 15) is 4.79 Å². The maximum atomic E-state index is 12.6. The van der Waals surface area contributed by atoms with Crippen molar-refractivity contribution in [3.05, 3.63) is 17.5 Å². The Morgan fingerprint density at radius 3 is 2.88 bits per heavy atom. The van der Waals surface area contributed by atoms with Gasteiger partial charge in [0, 0.05) is 6.04 Å². The predicted molar refractivity (Wildman–Crippen MR) is 105 cm³/mol. The maximum Gasteiger partial charge on any atom is 0.233 e. The molecule has 2 saturated carbocycles. The van der Waals surface area contributed by atoms with Crippen molar-refractivity contribution in [2.75, 3.05) is 5.84 Å². The van der Waals surface area contributed by atoms with Crippen LogP contribution in [0.5, 0.6) is 0 Å². The van der Waals surface area contributed by atoms with Gasteiger partial charge >= 0.3 is 0 Å². The number of nitrogen functional groups attached to an aromatic ring is 1. The fourth-order valence-corrected chi connectivity index (χ4v) is 5.98. The minimum atomic E-state index is -0.265. The van der Waals surface area contributed by atoms with Crippen LogP contribution in [0.3, 0.4) is 0 Å². The van der Waals surface area contributed by atoms with Gasteiger partial charge in [-0.25, -0.2) is 4.68 Å². The number of thiophene rings is 1. The monoisotopic (exact) mass is 391 g/mol. The summed E-state index contributed by atoms with van der Waals surface area (Å²) in [5, 5.41) is 13.8. The molecule has 2 fully saturated rings. The minimum absolute atomic E-state index is 0.0472. The number of aromatic nitrogens is 3. The Hall–Kier alpha value is -1.54. The lowest BCUT2D eigenvalue weighted by molar-refractivity contribution is -0.121. The quantitative estimate of drug-likeness (QED) is 0.584. The molecule has 0 radical (unpaired) electrons. The zero-order valence-electron chi connectivity index (χ0n) is 15.1. The summed E-state index contributed by atoms with van der Waals surface area (Å²) in [4.78, 5) is 13.6. The molecule has 6 nitrogen and oxygen atoms in total. The molecular weight excluding hydrogens is 366 g/mol. The summed E-state index contributed by atoms with van der Waals surface area (Å²) in [6.07, 6.45) is 5.35. The number of carbonyl (C=O) groups is 1. The van der Waals surface area contributed by atoms with Crippen LogP contribution in [0.1, 0.15) is 39.5 Å². The Morgan fingerprint density at radius 1 is 1.38 bits per heavy atom. The van der Waals surface area contributed by atoms with E-state index in [0.29, 0.717) is 16.9 Å². The van der Waals surface area contributed by atoms with Crippen molar-refractivity contribution in [1.29, 1.82) is 0 Å². The summed E-state index contributed by atoms with van der Waals surface area (Å²) < 4.78 is 1.47. The minimum Gasteiger partial charge on any atom is -0.352 e. The van der Waals surface area contributed by atoms with Crippen molar-refractivity contribution >= 4 is 29.0 Å². The Labute approximate surface area is 161 Å². The van der Waals surface area contributed by atoms with Crippen LogP contribution in [0.15, 0.2) is 22.7 Å². The maximum absolute atomic E-state index is 12.6. The SMILES string of the molecule is CC(Sc1nnc(-c2cccs2)n1N)C(=O)NC(C)C1CC2CCC1C2. The van der Waals surface area contributed by atoms with Crippen LogP contribution in [-0.4, -0.2) is 32.1 Å². The van der Waals surface area contributed by atoms with Crippen molar-refractivity contribution in [1.82, 2.24) is 20.2 Å². The number of carbonyl (C=O) groups excluding carboxylic acids is 1. The van der Waals surface area contributed by atoms with E-state index in [-0.39, 0.29) is 17.2 Å². The molecule has 0 saturated heterocycles. The Balaban J connectivity index is 1.36. The van der Waals surface area contributed by atoms with Gasteiger partial charge in [0.05, 0.1) is 10.1 Å². The number of amides is 1. The van der Waals surface area contributed by atoms with Crippen LogP contribution in [0, 0.1) is 17.8 Å². The molecule has 2 heterocycles. The van der Waals surface area contributed by atoms with E-state index in [0.717, 1.165) is 16.7 Å². The highest BCUT2D eigenvalue weighted by Crippen LogP contribution is 2.49.